The van der Waals surface area contributed by atoms with Crippen LogP contribution in [0, 0.1) is 18.3 Å². The van der Waals surface area contributed by atoms with Gasteiger partial charge < -0.3 is 20.1 Å². The summed E-state index contributed by atoms with van der Waals surface area (Å²) in [7, 11) is 0. The number of aliphatic hydroxyl groups is 2. The molecule has 12 heteroatoms. The molecule has 1 aliphatic rings. The van der Waals surface area contributed by atoms with Crippen LogP contribution < -0.4 is 5.32 Å². The second kappa shape index (κ2) is 11.1. The van der Waals surface area contributed by atoms with Crippen molar-refractivity contribution >= 4 is 38.3 Å². The summed E-state index contributed by atoms with van der Waals surface area (Å²) in [6, 6.07) is 9.73. The number of halogens is 3. The van der Waals surface area contributed by atoms with Gasteiger partial charge in [-0.15, -0.1) is 11.3 Å². The van der Waals surface area contributed by atoms with E-state index in [0.717, 1.165) is 65.8 Å². The van der Waals surface area contributed by atoms with Gasteiger partial charge in [-0.1, -0.05) is 6.07 Å². The quantitative estimate of drug-likeness (QED) is 0.295. The van der Waals surface area contributed by atoms with E-state index in [1.54, 1.807) is 10.6 Å². The van der Waals surface area contributed by atoms with E-state index < -0.39 is 18.7 Å². The molecule has 3 N–H and O–H groups in total. The lowest BCUT2D eigenvalue weighted by molar-refractivity contribution is -0.126. The number of nitrogens with zero attached hydrogens (tertiary/aromatic N) is 5. The molecule has 1 saturated heterocycles. The second-order valence-corrected chi connectivity index (χ2v) is 11.1. The molecule has 1 aromatic carbocycles. The number of aromatic nitrogens is 3. The fourth-order valence-corrected chi connectivity index (χ4v) is 6.25. The Balaban J connectivity index is 1.24. The van der Waals surface area contributed by atoms with Gasteiger partial charge in [0, 0.05) is 41.5 Å². The van der Waals surface area contributed by atoms with Crippen molar-refractivity contribution < 1.29 is 23.4 Å². The molecule has 0 saturated carbocycles. The summed E-state index contributed by atoms with van der Waals surface area (Å²) in [6.45, 7) is 4.26. The first kappa shape index (κ1) is 27.3. The van der Waals surface area contributed by atoms with Gasteiger partial charge in [-0.2, -0.15) is 18.4 Å². The van der Waals surface area contributed by atoms with Crippen molar-refractivity contribution in [3.63, 3.8) is 0 Å². The molecule has 8 nitrogen and oxygen atoms in total. The number of benzene rings is 1. The summed E-state index contributed by atoms with van der Waals surface area (Å²) >= 11 is 1.05. The van der Waals surface area contributed by atoms with E-state index in [1.807, 2.05) is 19.1 Å². The molecular weight excluding hydrogens is 529 g/mol. The van der Waals surface area contributed by atoms with Crippen LogP contribution in [-0.4, -0.2) is 67.7 Å². The first-order valence-corrected chi connectivity index (χ1v) is 13.6. The summed E-state index contributed by atoms with van der Waals surface area (Å²) in [5.41, 5.74) is 3.54. The van der Waals surface area contributed by atoms with Crippen molar-refractivity contribution in [2.75, 3.05) is 25.0 Å². The first-order chi connectivity index (χ1) is 18.6. The van der Waals surface area contributed by atoms with E-state index in [1.165, 1.54) is 6.33 Å². The lowest BCUT2D eigenvalue weighted by atomic mass is 10.0. The number of fused-ring (bicyclic) bond motifs is 2. The van der Waals surface area contributed by atoms with Crippen molar-refractivity contribution in [3.8, 4) is 6.07 Å². The molecular formula is C27H29F3N6O2S. The molecule has 206 valence electrons. The normalized spacial score (nSPS) is 16.1. The van der Waals surface area contributed by atoms with E-state index in [-0.39, 0.29) is 24.1 Å². The number of hydrogen-bond donors (Lipinski definition) is 3. The number of likely N-dealkylation sites (tertiary alicyclic amines) is 1. The van der Waals surface area contributed by atoms with Crippen LogP contribution in [0.4, 0.5) is 19.0 Å². The number of aliphatic hydroxyl groups excluding tert-OH is 2. The highest BCUT2D eigenvalue weighted by Gasteiger charge is 2.29. The van der Waals surface area contributed by atoms with Crippen LogP contribution in [0.2, 0.25) is 0 Å². The standard InChI is InChI=1S/C27H29F3N6O2S/c1-16-17(2-3-24-22(16)8-19(11-31)36(24)13-20(38)14-37)12-35-6-4-18(5-7-35)34-25-23-9-21(10-27(28,29)30)39-26(23)33-15-32-25/h2-3,8-9,15,18,20,37-38H,4-7,10,12-14H2,1H3,(H,32,33,34). The summed E-state index contributed by atoms with van der Waals surface area (Å²) in [5, 5.41) is 33.8. The molecule has 1 fully saturated rings. The van der Waals surface area contributed by atoms with Crippen LogP contribution in [0.25, 0.3) is 21.1 Å². The smallest absolute Gasteiger partial charge is 0.393 e. The number of alkyl halides is 3. The van der Waals surface area contributed by atoms with Gasteiger partial charge in [-0.25, -0.2) is 9.97 Å². The highest BCUT2D eigenvalue weighted by Crippen LogP contribution is 2.33. The number of rotatable bonds is 8. The van der Waals surface area contributed by atoms with Gasteiger partial charge in [-0.3, -0.25) is 4.90 Å². The number of thiophene rings is 1. The monoisotopic (exact) mass is 558 g/mol. The fraction of sp³-hybridized carbons (Fsp3) is 0.444. The molecule has 39 heavy (non-hydrogen) atoms. The SMILES string of the molecule is Cc1c(CN2CCC(Nc3ncnc4sc(CC(F)(F)F)cc34)CC2)ccc2c1cc(C#N)n2CC(O)CO. The van der Waals surface area contributed by atoms with Gasteiger partial charge in [0.15, 0.2) is 0 Å². The summed E-state index contributed by atoms with van der Waals surface area (Å²) < 4.78 is 40.3. The van der Waals surface area contributed by atoms with Crippen LogP contribution in [0.1, 0.15) is 34.5 Å². The summed E-state index contributed by atoms with van der Waals surface area (Å²) in [4.78, 5) is 11.6. The van der Waals surface area contributed by atoms with Gasteiger partial charge in [-0.05, 0) is 49.1 Å². The predicted octanol–water partition coefficient (Wildman–Crippen LogP) is 4.36. The van der Waals surface area contributed by atoms with Crippen LogP contribution in [0.5, 0.6) is 0 Å². The van der Waals surface area contributed by atoms with Gasteiger partial charge in [0.05, 0.1) is 31.1 Å². The molecule has 4 aromatic rings. The molecule has 3 aromatic heterocycles. The number of aryl methyl sites for hydroxylation is 1. The molecule has 5 rings (SSSR count). The average Bonchev–Trinajstić information content (AvgIpc) is 3.47. The van der Waals surface area contributed by atoms with E-state index in [4.69, 9.17) is 0 Å². The molecule has 0 bridgehead atoms. The first-order valence-electron chi connectivity index (χ1n) is 12.7. The maximum Gasteiger partial charge on any atom is 0.393 e. The van der Waals surface area contributed by atoms with Gasteiger partial charge in [0.1, 0.15) is 28.7 Å². The van der Waals surface area contributed by atoms with Crippen molar-refractivity contribution in [2.24, 2.45) is 0 Å². The zero-order valence-electron chi connectivity index (χ0n) is 21.4. The Kier molecular flexibility index (Phi) is 7.77. The highest BCUT2D eigenvalue weighted by molar-refractivity contribution is 7.18. The Bertz CT molecular complexity index is 1520. The molecule has 4 heterocycles. The fourth-order valence-electron chi connectivity index (χ4n) is 5.23. The number of nitriles is 1. The maximum atomic E-state index is 12.9. The second-order valence-electron chi connectivity index (χ2n) is 10.0. The Morgan fingerprint density at radius 1 is 1.21 bits per heavy atom. The Labute approximate surface area is 227 Å². The molecule has 0 aliphatic carbocycles. The largest absolute Gasteiger partial charge is 0.394 e. The van der Waals surface area contributed by atoms with Crippen molar-refractivity contribution in [2.45, 2.75) is 57.6 Å². The minimum absolute atomic E-state index is 0.149. The summed E-state index contributed by atoms with van der Waals surface area (Å²) in [5.74, 6) is 0.577. The Hall–Kier alpha value is -3.24. The Morgan fingerprint density at radius 3 is 2.67 bits per heavy atom. The van der Waals surface area contributed by atoms with Crippen LogP contribution >= 0.6 is 11.3 Å². The minimum Gasteiger partial charge on any atom is -0.394 e. The van der Waals surface area contributed by atoms with Crippen molar-refractivity contribution in [3.05, 3.63) is 52.3 Å². The van der Waals surface area contributed by atoms with E-state index >= 15 is 0 Å². The van der Waals surface area contributed by atoms with Crippen LogP contribution in [-0.2, 0) is 19.5 Å². The molecule has 0 spiro atoms. The highest BCUT2D eigenvalue weighted by atomic mass is 32.1. The van der Waals surface area contributed by atoms with Crippen molar-refractivity contribution in [1.29, 1.82) is 5.26 Å². The average molecular weight is 559 g/mol. The zero-order chi connectivity index (χ0) is 27.7. The van der Waals surface area contributed by atoms with Crippen LogP contribution in [0.15, 0.2) is 30.6 Å². The van der Waals surface area contributed by atoms with Crippen molar-refractivity contribution in [1.82, 2.24) is 19.4 Å². The van der Waals surface area contributed by atoms with Gasteiger partial charge >= 0.3 is 6.18 Å². The number of piperidine rings is 1. The molecule has 0 radical (unpaired) electrons. The third kappa shape index (κ3) is 6.01. The minimum atomic E-state index is -4.26. The Morgan fingerprint density at radius 2 is 1.97 bits per heavy atom. The van der Waals surface area contributed by atoms with Gasteiger partial charge in [0.25, 0.3) is 0 Å². The lowest BCUT2D eigenvalue weighted by Gasteiger charge is -2.33. The van der Waals surface area contributed by atoms with E-state index in [2.05, 4.69) is 32.3 Å². The third-order valence-corrected chi connectivity index (χ3v) is 8.31. The number of anilines is 1. The molecule has 1 unspecified atom stereocenters. The molecule has 1 atom stereocenters. The molecule has 1 aliphatic heterocycles. The van der Waals surface area contributed by atoms with Crippen LogP contribution in [0.3, 0.4) is 0 Å². The number of hydrogen-bond acceptors (Lipinski definition) is 8. The van der Waals surface area contributed by atoms with E-state index in [9.17, 15) is 28.6 Å². The topological polar surface area (TPSA) is 110 Å². The van der Waals surface area contributed by atoms with E-state index in [0.29, 0.717) is 21.7 Å². The maximum absolute atomic E-state index is 12.9. The zero-order valence-corrected chi connectivity index (χ0v) is 22.2. The number of nitrogens with one attached hydrogen (secondary N) is 1. The lowest BCUT2D eigenvalue weighted by Crippen LogP contribution is -2.39. The predicted molar refractivity (Wildman–Crippen MR) is 144 cm³/mol. The summed E-state index contributed by atoms with van der Waals surface area (Å²) in [6.07, 6.45) is -3.06. The molecule has 0 amide bonds. The third-order valence-electron chi connectivity index (χ3n) is 7.26. The van der Waals surface area contributed by atoms with Gasteiger partial charge in [0.2, 0.25) is 0 Å².